The zero-order chi connectivity index (χ0) is 14.7. The van der Waals surface area contributed by atoms with Gasteiger partial charge in [0.05, 0.1) is 5.69 Å². The lowest BCUT2D eigenvalue weighted by atomic mass is 9.94. The molecule has 0 bridgehead atoms. The first-order valence-corrected chi connectivity index (χ1v) is 8.03. The molecule has 1 aliphatic heterocycles. The summed E-state index contributed by atoms with van der Waals surface area (Å²) in [5, 5.41) is 9.02. The smallest absolute Gasteiger partial charge is 0.137 e. The zero-order valence-electron chi connectivity index (χ0n) is 12.8. The Morgan fingerprint density at radius 1 is 1.29 bits per heavy atom. The fourth-order valence-corrected chi connectivity index (χ4v) is 3.41. The Bertz CT molecular complexity index is 585. The number of aryl methyl sites for hydroxylation is 1. The summed E-state index contributed by atoms with van der Waals surface area (Å²) in [7, 11) is 0. The fourth-order valence-electron chi connectivity index (χ4n) is 3.41. The first kappa shape index (κ1) is 14.5. The Morgan fingerprint density at radius 3 is 2.86 bits per heavy atom. The number of hydrogen-bond acceptors (Lipinski definition) is 3. The van der Waals surface area contributed by atoms with E-state index in [1.54, 1.807) is 0 Å². The second kappa shape index (κ2) is 6.58. The first-order valence-electron chi connectivity index (χ1n) is 8.03. The summed E-state index contributed by atoms with van der Waals surface area (Å²) in [6.07, 6.45) is 6.60. The number of fused-ring (bicyclic) bond motifs is 1. The van der Waals surface area contributed by atoms with E-state index in [1.165, 1.54) is 31.6 Å². The molecule has 0 saturated carbocycles. The zero-order valence-corrected chi connectivity index (χ0v) is 12.8. The third kappa shape index (κ3) is 3.27. The van der Waals surface area contributed by atoms with Gasteiger partial charge in [0, 0.05) is 31.5 Å². The molecule has 0 radical (unpaired) electrons. The molecule has 2 aromatic rings. The van der Waals surface area contributed by atoms with Crippen LogP contribution < -0.4 is 0 Å². The maximum Gasteiger partial charge on any atom is 0.137 e. The minimum Gasteiger partial charge on any atom is -0.396 e. The predicted octanol–water partition coefficient (Wildman–Crippen LogP) is 2.28. The maximum absolute atomic E-state index is 9.02. The number of rotatable bonds is 5. The van der Waals surface area contributed by atoms with Crippen molar-refractivity contribution in [1.82, 2.24) is 14.3 Å². The number of likely N-dealkylation sites (tertiary alicyclic amines) is 1. The van der Waals surface area contributed by atoms with Crippen molar-refractivity contribution >= 4 is 5.65 Å². The monoisotopic (exact) mass is 287 g/mol. The number of pyridine rings is 1. The molecule has 0 atom stereocenters. The molecule has 114 valence electrons. The van der Waals surface area contributed by atoms with Gasteiger partial charge in [0.2, 0.25) is 0 Å². The van der Waals surface area contributed by atoms with Gasteiger partial charge < -0.3 is 14.4 Å². The highest BCUT2D eigenvalue weighted by atomic mass is 16.3. The summed E-state index contributed by atoms with van der Waals surface area (Å²) in [5.74, 6) is 0.726. The molecule has 3 heterocycles. The Hall–Kier alpha value is -1.39. The van der Waals surface area contributed by atoms with Crippen molar-refractivity contribution in [2.45, 2.75) is 32.6 Å². The summed E-state index contributed by atoms with van der Waals surface area (Å²) in [6.45, 7) is 5.89. The van der Waals surface area contributed by atoms with Crippen molar-refractivity contribution in [3.63, 3.8) is 0 Å². The third-order valence-electron chi connectivity index (χ3n) is 4.74. The van der Waals surface area contributed by atoms with Crippen molar-refractivity contribution in [1.29, 1.82) is 0 Å². The number of imidazole rings is 1. The van der Waals surface area contributed by atoms with Gasteiger partial charge in [-0.2, -0.15) is 0 Å². The quantitative estimate of drug-likeness (QED) is 0.917. The van der Waals surface area contributed by atoms with E-state index in [9.17, 15) is 0 Å². The fraction of sp³-hybridized carbons (Fsp3) is 0.588. The molecule has 1 fully saturated rings. The highest BCUT2D eigenvalue weighted by Gasteiger charge is 2.19. The normalized spacial score (nSPS) is 17.6. The number of hydrogen-bond donors (Lipinski definition) is 1. The average Bonchev–Trinajstić information content (AvgIpc) is 2.82. The molecule has 1 aliphatic rings. The summed E-state index contributed by atoms with van der Waals surface area (Å²) in [6, 6.07) is 6.17. The minimum atomic E-state index is 0.339. The Morgan fingerprint density at radius 2 is 2.10 bits per heavy atom. The van der Waals surface area contributed by atoms with E-state index >= 15 is 0 Å². The van der Waals surface area contributed by atoms with Crippen molar-refractivity contribution in [2.24, 2.45) is 5.92 Å². The van der Waals surface area contributed by atoms with Crippen LogP contribution >= 0.6 is 0 Å². The molecule has 0 aliphatic carbocycles. The predicted molar refractivity (Wildman–Crippen MR) is 84.5 cm³/mol. The van der Waals surface area contributed by atoms with Crippen molar-refractivity contribution < 1.29 is 5.11 Å². The van der Waals surface area contributed by atoms with E-state index in [0.29, 0.717) is 6.61 Å². The van der Waals surface area contributed by atoms with Crippen LogP contribution in [0.15, 0.2) is 24.4 Å². The van der Waals surface area contributed by atoms with Gasteiger partial charge in [0.1, 0.15) is 5.65 Å². The van der Waals surface area contributed by atoms with Gasteiger partial charge in [0.15, 0.2) is 0 Å². The number of nitrogens with zero attached hydrogens (tertiary/aromatic N) is 3. The first-order chi connectivity index (χ1) is 10.3. The molecule has 1 N–H and O–H groups in total. The lowest BCUT2D eigenvalue weighted by Crippen LogP contribution is -2.35. The Kier molecular flexibility index (Phi) is 4.56. The molecular weight excluding hydrogens is 262 g/mol. The molecule has 3 rings (SSSR count). The van der Waals surface area contributed by atoms with Crippen LogP contribution in [-0.2, 0) is 6.42 Å². The van der Waals surface area contributed by atoms with Crippen LogP contribution in [0.2, 0.25) is 0 Å². The summed E-state index contributed by atoms with van der Waals surface area (Å²) in [4.78, 5) is 7.18. The molecule has 21 heavy (non-hydrogen) atoms. The number of aliphatic hydroxyl groups is 1. The molecule has 0 amide bonds. The van der Waals surface area contributed by atoms with Crippen LogP contribution in [0.25, 0.3) is 5.65 Å². The molecule has 0 aromatic carbocycles. The van der Waals surface area contributed by atoms with Crippen molar-refractivity contribution in [2.75, 3.05) is 26.2 Å². The van der Waals surface area contributed by atoms with Gasteiger partial charge in [-0.1, -0.05) is 6.07 Å². The van der Waals surface area contributed by atoms with Crippen LogP contribution in [0.4, 0.5) is 0 Å². The van der Waals surface area contributed by atoms with Crippen LogP contribution in [0.5, 0.6) is 0 Å². The van der Waals surface area contributed by atoms with Crippen LogP contribution in [-0.4, -0.2) is 45.6 Å². The van der Waals surface area contributed by atoms with Crippen molar-refractivity contribution in [3.05, 3.63) is 35.8 Å². The molecule has 0 unspecified atom stereocenters. The van der Waals surface area contributed by atoms with E-state index in [0.717, 1.165) is 36.6 Å². The number of aromatic nitrogens is 2. The summed E-state index contributed by atoms with van der Waals surface area (Å²) >= 11 is 0. The average molecular weight is 287 g/mol. The van der Waals surface area contributed by atoms with E-state index in [4.69, 9.17) is 5.11 Å². The number of aliphatic hydroxyl groups excluding tert-OH is 1. The van der Waals surface area contributed by atoms with Crippen LogP contribution in [0.3, 0.4) is 0 Å². The lowest BCUT2D eigenvalue weighted by Gasteiger charge is -2.31. The number of piperidine rings is 1. The molecule has 4 heteroatoms. The van der Waals surface area contributed by atoms with E-state index < -0.39 is 0 Å². The van der Waals surface area contributed by atoms with Gasteiger partial charge >= 0.3 is 0 Å². The van der Waals surface area contributed by atoms with Gasteiger partial charge in [-0.05, 0) is 57.3 Å². The molecule has 0 spiro atoms. The van der Waals surface area contributed by atoms with E-state index in [2.05, 4.69) is 39.5 Å². The Balaban J connectivity index is 1.59. The standard InChI is InChI=1S/C17H25N3O/c1-14-16(20-9-3-2-4-17(20)18-14)7-12-19-10-5-15(6-11-19)8-13-21/h2-4,9,15,21H,5-8,10-13H2,1H3. The topological polar surface area (TPSA) is 40.8 Å². The highest BCUT2D eigenvalue weighted by Crippen LogP contribution is 2.20. The SMILES string of the molecule is Cc1nc2ccccn2c1CCN1CCC(CCO)CC1. The van der Waals surface area contributed by atoms with Gasteiger partial charge in [-0.3, -0.25) is 0 Å². The van der Waals surface area contributed by atoms with Gasteiger partial charge in [-0.25, -0.2) is 4.98 Å². The largest absolute Gasteiger partial charge is 0.396 e. The molecule has 2 aromatic heterocycles. The molecular formula is C17H25N3O. The minimum absolute atomic E-state index is 0.339. The molecule has 4 nitrogen and oxygen atoms in total. The second-order valence-electron chi connectivity index (χ2n) is 6.12. The van der Waals surface area contributed by atoms with Crippen LogP contribution in [0.1, 0.15) is 30.7 Å². The summed E-state index contributed by atoms with van der Waals surface area (Å²) < 4.78 is 2.22. The summed E-state index contributed by atoms with van der Waals surface area (Å²) in [5.41, 5.74) is 3.53. The maximum atomic E-state index is 9.02. The Labute approximate surface area is 126 Å². The second-order valence-corrected chi connectivity index (χ2v) is 6.12. The van der Waals surface area contributed by atoms with Gasteiger partial charge in [0.25, 0.3) is 0 Å². The van der Waals surface area contributed by atoms with Crippen molar-refractivity contribution in [3.8, 4) is 0 Å². The van der Waals surface area contributed by atoms with Gasteiger partial charge in [-0.15, -0.1) is 0 Å². The van der Waals surface area contributed by atoms with E-state index in [-0.39, 0.29) is 0 Å². The highest BCUT2D eigenvalue weighted by molar-refractivity contribution is 5.42. The molecule has 1 saturated heterocycles. The van der Waals surface area contributed by atoms with Crippen LogP contribution in [0, 0.1) is 12.8 Å². The third-order valence-corrected chi connectivity index (χ3v) is 4.74. The lowest BCUT2D eigenvalue weighted by molar-refractivity contribution is 0.159. The van der Waals surface area contributed by atoms with E-state index in [1.807, 2.05) is 6.07 Å².